The van der Waals surface area contributed by atoms with E-state index in [2.05, 4.69) is 10.5 Å². The van der Waals surface area contributed by atoms with Gasteiger partial charge in [0.15, 0.2) is 0 Å². The topological polar surface area (TPSA) is 61.8 Å². The van der Waals surface area contributed by atoms with Gasteiger partial charge in [0.25, 0.3) is 5.91 Å². The van der Waals surface area contributed by atoms with E-state index in [9.17, 15) is 9.59 Å². The van der Waals surface area contributed by atoms with Gasteiger partial charge in [-0.15, -0.1) is 0 Å². The van der Waals surface area contributed by atoms with Crippen LogP contribution in [-0.2, 0) is 4.79 Å². The molecule has 2 aromatic carbocycles. The number of hydrogen-bond acceptors (Lipinski definition) is 3. The average Bonchev–Trinajstić information content (AvgIpc) is 3.06. The maximum absolute atomic E-state index is 12.2. The van der Waals surface area contributed by atoms with E-state index in [0.29, 0.717) is 22.7 Å². The Labute approximate surface area is 151 Å². The molecular weight excluding hydrogens is 338 g/mol. The monoisotopic (exact) mass is 355 g/mol. The molecule has 0 radical (unpaired) electrons. The quantitative estimate of drug-likeness (QED) is 0.672. The number of nitrogens with zero attached hydrogens (tertiary/aromatic N) is 2. The van der Waals surface area contributed by atoms with E-state index in [0.717, 1.165) is 24.2 Å². The summed E-state index contributed by atoms with van der Waals surface area (Å²) < 4.78 is 0. The number of benzene rings is 2. The Morgan fingerprint density at radius 1 is 1.20 bits per heavy atom. The first-order valence-corrected chi connectivity index (χ1v) is 8.44. The Kier molecular flexibility index (Phi) is 5.14. The highest BCUT2D eigenvalue weighted by atomic mass is 35.5. The van der Waals surface area contributed by atoms with E-state index in [1.54, 1.807) is 36.1 Å². The van der Waals surface area contributed by atoms with Crippen LogP contribution in [0.15, 0.2) is 53.6 Å². The van der Waals surface area contributed by atoms with E-state index in [1.165, 1.54) is 0 Å². The lowest BCUT2D eigenvalue weighted by Crippen LogP contribution is -2.24. The van der Waals surface area contributed by atoms with Gasteiger partial charge in [-0.25, -0.2) is 5.43 Å². The Hall–Kier alpha value is -2.66. The maximum atomic E-state index is 12.2. The molecular formula is C19H18ClN3O2. The van der Waals surface area contributed by atoms with E-state index in [4.69, 9.17) is 11.6 Å². The minimum Gasteiger partial charge on any atom is -0.312 e. The third-order valence-electron chi connectivity index (χ3n) is 4.09. The molecule has 0 aromatic heterocycles. The van der Waals surface area contributed by atoms with Crippen LogP contribution >= 0.6 is 11.6 Å². The summed E-state index contributed by atoms with van der Waals surface area (Å²) in [5, 5.41) is 4.53. The standard InChI is InChI=1S/C19H18ClN3O2/c1-13(21-22-19(25)16-8-2-3-9-17(16)20)14-6-4-7-15(12-14)23-11-5-10-18(23)24/h2-4,6-9,12H,5,10-11H2,1H3,(H,22,25)/b21-13-. The second kappa shape index (κ2) is 7.49. The van der Waals surface area contributed by atoms with Crippen molar-refractivity contribution in [3.63, 3.8) is 0 Å². The molecule has 0 unspecified atom stereocenters. The number of hydrazone groups is 1. The molecule has 1 N–H and O–H groups in total. The van der Waals surface area contributed by atoms with E-state index in [1.807, 2.05) is 24.3 Å². The third kappa shape index (κ3) is 3.88. The fraction of sp³-hybridized carbons (Fsp3) is 0.211. The van der Waals surface area contributed by atoms with Gasteiger partial charge in [-0.2, -0.15) is 5.10 Å². The normalized spacial score (nSPS) is 14.7. The molecule has 25 heavy (non-hydrogen) atoms. The van der Waals surface area contributed by atoms with Crippen molar-refractivity contribution in [1.82, 2.24) is 5.43 Å². The van der Waals surface area contributed by atoms with Crippen molar-refractivity contribution in [3.8, 4) is 0 Å². The minimum atomic E-state index is -0.365. The number of anilines is 1. The molecule has 1 saturated heterocycles. The summed E-state index contributed by atoms with van der Waals surface area (Å²) in [7, 11) is 0. The highest BCUT2D eigenvalue weighted by Gasteiger charge is 2.21. The maximum Gasteiger partial charge on any atom is 0.272 e. The van der Waals surface area contributed by atoms with Crippen LogP contribution in [-0.4, -0.2) is 24.1 Å². The van der Waals surface area contributed by atoms with Gasteiger partial charge < -0.3 is 4.90 Å². The number of halogens is 1. The average molecular weight is 356 g/mol. The van der Waals surface area contributed by atoms with Crippen molar-refractivity contribution < 1.29 is 9.59 Å². The van der Waals surface area contributed by atoms with Gasteiger partial charge >= 0.3 is 0 Å². The summed E-state index contributed by atoms with van der Waals surface area (Å²) in [4.78, 5) is 25.8. The number of rotatable bonds is 4. The molecule has 0 saturated carbocycles. The summed E-state index contributed by atoms with van der Waals surface area (Å²) in [5.74, 6) is -0.227. The summed E-state index contributed by atoms with van der Waals surface area (Å²) in [5.41, 5.74) is 5.24. The van der Waals surface area contributed by atoms with Crippen LogP contribution in [0.3, 0.4) is 0 Å². The Morgan fingerprint density at radius 3 is 2.72 bits per heavy atom. The number of hydrogen-bond donors (Lipinski definition) is 1. The number of nitrogens with one attached hydrogen (secondary N) is 1. The lowest BCUT2D eigenvalue weighted by atomic mass is 10.1. The number of amides is 2. The molecule has 3 rings (SSSR count). The van der Waals surface area contributed by atoms with E-state index >= 15 is 0 Å². The Morgan fingerprint density at radius 2 is 2.00 bits per heavy atom. The van der Waals surface area contributed by atoms with Gasteiger partial charge in [0.2, 0.25) is 5.91 Å². The molecule has 6 heteroatoms. The molecule has 0 bridgehead atoms. The van der Waals surface area contributed by atoms with Crippen LogP contribution in [0, 0.1) is 0 Å². The van der Waals surface area contributed by atoms with Crippen molar-refractivity contribution in [2.75, 3.05) is 11.4 Å². The van der Waals surface area contributed by atoms with Crippen LogP contribution in [0.5, 0.6) is 0 Å². The van der Waals surface area contributed by atoms with Crippen molar-refractivity contribution in [2.45, 2.75) is 19.8 Å². The fourth-order valence-electron chi connectivity index (χ4n) is 2.72. The number of carbonyl (C=O) groups is 2. The van der Waals surface area contributed by atoms with Gasteiger partial charge in [-0.3, -0.25) is 9.59 Å². The molecule has 2 aromatic rings. The molecule has 2 amide bonds. The molecule has 0 spiro atoms. The molecule has 5 nitrogen and oxygen atoms in total. The van der Waals surface area contributed by atoms with Gasteiger partial charge in [-0.05, 0) is 43.2 Å². The first kappa shape index (κ1) is 17.2. The molecule has 0 atom stereocenters. The Balaban J connectivity index is 1.75. The van der Waals surface area contributed by atoms with Crippen LogP contribution in [0.1, 0.15) is 35.7 Å². The van der Waals surface area contributed by atoms with Crippen LogP contribution in [0.25, 0.3) is 0 Å². The summed E-state index contributed by atoms with van der Waals surface area (Å²) in [6, 6.07) is 14.4. The van der Waals surface area contributed by atoms with Crippen molar-refractivity contribution in [3.05, 3.63) is 64.7 Å². The van der Waals surface area contributed by atoms with Crippen LogP contribution in [0.2, 0.25) is 5.02 Å². The lowest BCUT2D eigenvalue weighted by Gasteiger charge is -2.16. The zero-order valence-electron chi connectivity index (χ0n) is 13.8. The highest BCUT2D eigenvalue weighted by Crippen LogP contribution is 2.22. The summed E-state index contributed by atoms with van der Waals surface area (Å²) in [6.07, 6.45) is 1.47. The molecule has 0 aliphatic carbocycles. The second-order valence-electron chi connectivity index (χ2n) is 5.82. The third-order valence-corrected chi connectivity index (χ3v) is 4.42. The molecule has 128 valence electrons. The molecule has 1 aliphatic heterocycles. The predicted molar refractivity (Wildman–Crippen MR) is 99.2 cm³/mol. The van der Waals surface area contributed by atoms with Crippen molar-refractivity contribution in [2.24, 2.45) is 5.10 Å². The minimum absolute atomic E-state index is 0.138. The van der Waals surface area contributed by atoms with Gasteiger partial charge in [0, 0.05) is 18.7 Å². The van der Waals surface area contributed by atoms with Crippen molar-refractivity contribution >= 4 is 34.8 Å². The number of carbonyl (C=O) groups excluding carboxylic acids is 2. The molecule has 1 fully saturated rings. The smallest absolute Gasteiger partial charge is 0.272 e. The second-order valence-corrected chi connectivity index (χ2v) is 6.22. The molecule has 1 aliphatic rings. The van der Waals surface area contributed by atoms with Crippen LogP contribution < -0.4 is 10.3 Å². The molecule has 1 heterocycles. The summed E-state index contributed by atoms with van der Waals surface area (Å²) >= 11 is 6.01. The van der Waals surface area contributed by atoms with E-state index < -0.39 is 0 Å². The van der Waals surface area contributed by atoms with Crippen molar-refractivity contribution in [1.29, 1.82) is 0 Å². The SMILES string of the molecule is C/C(=N/NC(=O)c1ccccc1Cl)c1cccc(N2CCCC2=O)c1. The van der Waals surface area contributed by atoms with Gasteiger partial charge in [0.1, 0.15) is 0 Å². The zero-order valence-corrected chi connectivity index (χ0v) is 14.6. The van der Waals surface area contributed by atoms with E-state index in [-0.39, 0.29) is 11.8 Å². The highest BCUT2D eigenvalue weighted by molar-refractivity contribution is 6.33. The van der Waals surface area contributed by atoms with Crippen LogP contribution in [0.4, 0.5) is 5.69 Å². The fourth-order valence-corrected chi connectivity index (χ4v) is 2.95. The van der Waals surface area contributed by atoms with Gasteiger partial charge in [0.05, 0.1) is 16.3 Å². The summed E-state index contributed by atoms with van der Waals surface area (Å²) in [6.45, 7) is 2.54. The lowest BCUT2D eigenvalue weighted by molar-refractivity contribution is -0.117. The first-order valence-electron chi connectivity index (χ1n) is 8.06. The van der Waals surface area contributed by atoms with Gasteiger partial charge in [-0.1, -0.05) is 35.9 Å². The predicted octanol–water partition coefficient (Wildman–Crippen LogP) is 3.62. The first-order chi connectivity index (χ1) is 12.1. The zero-order chi connectivity index (χ0) is 17.8. The Bertz CT molecular complexity index is 848. The largest absolute Gasteiger partial charge is 0.312 e.